The van der Waals surface area contributed by atoms with E-state index in [9.17, 15) is 4.79 Å². The summed E-state index contributed by atoms with van der Waals surface area (Å²) in [6.07, 6.45) is 2.46. The highest BCUT2D eigenvalue weighted by atomic mass is 16.5. The van der Waals surface area contributed by atoms with Gasteiger partial charge >= 0.3 is 0 Å². The average molecular weight is 254 g/mol. The zero-order valence-corrected chi connectivity index (χ0v) is 10.4. The van der Waals surface area contributed by atoms with Crippen LogP contribution < -0.4 is 10.1 Å². The van der Waals surface area contributed by atoms with Crippen molar-refractivity contribution in [2.45, 2.75) is 12.5 Å². The number of fused-ring (bicyclic) bond motifs is 1. The van der Waals surface area contributed by atoms with Gasteiger partial charge in [-0.2, -0.15) is 0 Å². The lowest BCUT2D eigenvalue weighted by atomic mass is 10.1. The van der Waals surface area contributed by atoms with Gasteiger partial charge in [0.2, 0.25) is 0 Å². The summed E-state index contributed by atoms with van der Waals surface area (Å²) in [5.41, 5.74) is 1.46. The van der Waals surface area contributed by atoms with Crippen LogP contribution in [0.25, 0.3) is 0 Å². The van der Waals surface area contributed by atoms with Crippen LogP contribution in [0.15, 0.2) is 48.7 Å². The summed E-state index contributed by atoms with van der Waals surface area (Å²) in [4.78, 5) is 16.5. The Bertz CT molecular complexity index is 584. The zero-order chi connectivity index (χ0) is 13.1. The number of pyridine rings is 1. The lowest BCUT2D eigenvalue weighted by molar-refractivity contribution is 0.0923. The molecule has 1 atom stereocenters. The Balaban J connectivity index is 1.80. The van der Waals surface area contributed by atoms with Gasteiger partial charge in [0, 0.05) is 18.2 Å². The number of rotatable bonds is 2. The topological polar surface area (TPSA) is 51.2 Å². The minimum Gasteiger partial charge on any atom is -0.491 e. The molecule has 1 unspecified atom stereocenters. The number of nitrogens with one attached hydrogen (secondary N) is 1. The maximum atomic E-state index is 12.1. The fraction of sp³-hybridized carbons (Fsp3) is 0.200. The predicted molar refractivity (Wildman–Crippen MR) is 71.0 cm³/mol. The summed E-state index contributed by atoms with van der Waals surface area (Å²) in [5, 5.41) is 3.01. The van der Waals surface area contributed by atoms with E-state index in [0.717, 1.165) is 17.9 Å². The zero-order valence-electron chi connectivity index (χ0n) is 10.4. The van der Waals surface area contributed by atoms with E-state index in [4.69, 9.17) is 4.74 Å². The molecule has 0 saturated carbocycles. The third-order valence-electron chi connectivity index (χ3n) is 3.14. The molecular weight excluding hydrogens is 240 g/mol. The number of ether oxygens (including phenoxy) is 1. The molecule has 1 aromatic heterocycles. The van der Waals surface area contributed by atoms with E-state index in [1.165, 1.54) is 0 Å². The summed E-state index contributed by atoms with van der Waals surface area (Å²) in [6, 6.07) is 12.8. The summed E-state index contributed by atoms with van der Waals surface area (Å²) < 4.78 is 5.53. The molecule has 0 fully saturated rings. The SMILES string of the molecule is O=C(NC1CCOc2cccnc21)c1ccccc1. The van der Waals surface area contributed by atoms with E-state index in [1.807, 2.05) is 30.3 Å². The molecule has 0 spiro atoms. The second-order valence-electron chi connectivity index (χ2n) is 4.42. The number of hydrogen-bond donors (Lipinski definition) is 1. The van der Waals surface area contributed by atoms with Gasteiger partial charge in [-0.05, 0) is 24.3 Å². The summed E-state index contributed by atoms with van der Waals surface area (Å²) >= 11 is 0. The van der Waals surface area contributed by atoms with Gasteiger partial charge in [-0.3, -0.25) is 9.78 Å². The van der Waals surface area contributed by atoms with E-state index < -0.39 is 0 Å². The lowest BCUT2D eigenvalue weighted by Crippen LogP contribution is -2.32. The van der Waals surface area contributed by atoms with Crippen molar-refractivity contribution < 1.29 is 9.53 Å². The van der Waals surface area contributed by atoms with Gasteiger partial charge in [-0.15, -0.1) is 0 Å². The highest BCUT2D eigenvalue weighted by Gasteiger charge is 2.24. The summed E-state index contributed by atoms with van der Waals surface area (Å²) in [7, 11) is 0. The molecule has 4 heteroatoms. The minimum absolute atomic E-state index is 0.0795. The Kier molecular flexibility index (Phi) is 3.14. The molecule has 1 aromatic carbocycles. The quantitative estimate of drug-likeness (QED) is 0.895. The molecule has 4 nitrogen and oxygen atoms in total. The molecule has 2 aromatic rings. The second-order valence-corrected chi connectivity index (χ2v) is 4.42. The Morgan fingerprint density at radius 2 is 2.05 bits per heavy atom. The maximum Gasteiger partial charge on any atom is 0.251 e. The maximum absolute atomic E-state index is 12.1. The van der Waals surface area contributed by atoms with Crippen LogP contribution >= 0.6 is 0 Å². The van der Waals surface area contributed by atoms with E-state index >= 15 is 0 Å². The van der Waals surface area contributed by atoms with Crippen LogP contribution in [0.4, 0.5) is 0 Å². The average Bonchev–Trinajstić information content (AvgIpc) is 2.48. The largest absolute Gasteiger partial charge is 0.491 e. The summed E-state index contributed by atoms with van der Waals surface area (Å²) in [5.74, 6) is 0.677. The van der Waals surface area contributed by atoms with Gasteiger partial charge in [0.25, 0.3) is 5.91 Å². The van der Waals surface area contributed by atoms with E-state index in [-0.39, 0.29) is 11.9 Å². The third kappa shape index (κ3) is 2.42. The fourth-order valence-corrected chi connectivity index (χ4v) is 2.18. The van der Waals surface area contributed by atoms with Gasteiger partial charge in [0.05, 0.1) is 12.6 Å². The molecule has 2 heterocycles. The fourth-order valence-electron chi connectivity index (χ4n) is 2.18. The Morgan fingerprint density at radius 1 is 1.21 bits per heavy atom. The first kappa shape index (κ1) is 11.7. The number of hydrogen-bond acceptors (Lipinski definition) is 3. The normalized spacial score (nSPS) is 17.2. The monoisotopic (exact) mass is 254 g/mol. The molecule has 3 rings (SSSR count). The number of nitrogens with zero attached hydrogens (tertiary/aromatic N) is 1. The van der Waals surface area contributed by atoms with E-state index in [0.29, 0.717) is 12.2 Å². The minimum atomic E-state index is -0.0855. The van der Waals surface area contributed by atoms with Crippen molar-refractivity contribution in [3.63, 3.8) is 0 Å². The van der Waals surface area contributed by atoms with Crippen LogP contribution in [0.1, 0.15) is 28.5 Å². The van der Waals surface area contributed by atoms with E-state index in [2.05, 4.69) is 10.3 Å². The number of carbonyl (C=O) groups is 1. The predicted octanol–water partition coefficient (Wildman–Crippen LogP) is 2.34. The van der Waals surface area contributed by atoms with Gasteiger partial charge in [0.1, 0.15) is 11.4 Å². The number of aromatic nitrogens is 1. The smallest absolute Gasteiger partial charge is 0.251 e. The van der Waals surface area contributed by atoms with Crippen LogP contribution in [0.5, 0.6) is 5.75 Å². The molecular formula is C15H14N2O2. The number of carbonyl (C=O) groups excluding carboxylic acids is 1. The Morgan fingerprint density at radius 3 is 2.89 bits per heavy atom. The van der Waals surface area contributed by atoms with Gasteiger partial charge in [-0.25, -0.2) is 0 Å². The van der Waals surface area contributed by atoms with Crippen molar-refractivity contribution in [3.8, 4) is 5.75 Å². The first-order chi connectivity index (χ1) is 9.34. The van der Waals surface area contributed by atoms with Gasteiger partial charge in [-0.1, -0.05) is 18.2 Å². The van der Waals surface area contributed by atoms with Gasteiger partial charge < -0.3 is 10.1 Å². The summed E-state index contributed by atoms with van der Waals surface area (Å²) in [6.45, 7) is 0.596. The molecule has 1 aliphatic heterocycles. The van der Waals surface area contributed by atoms with Crippen LogP contribution in [0.2, 0.25) is 0 Å². The second kappa shape index (κ2) is 5.10. The molecule has 1 N–H and O–H groups in total. The highest BCUT2D eigenvalue weighted by molar-refractivity contribution is 5.94. The van der Waals surface area contributed by atoms with Crippen LogP contribution in [0, 0.1) is 0 Å². The molecule has 1 amide bonds. The van der Waals surface area contributed by atoms with Crippen molar-refractivity contribution in [1.82, 2.24) is 10.3 Å². The van der Waals surface area contributed by atoms with Crippen molar-refractivity contribution in [1.29, 1.82) is 0 Å². The van der Waals surface area contributed by atoms with E-state index in [1.54, 1.807) is 18.3 Å². The van der Waals surface area contributed by atoms with Crippen molar-refractivity contribution >= 4 is 5.91 Å². The van der Waals surface area contributed by atoms with Crippen molar-refractivity contribution in [2.75, 3.05) is 6.61 Å². The first-order valence-electron chi connectivity index (χ1n) is 6.28. The molecule has 0 aliphatic carbocycles. The molecule has 0 radical (unpaired) electrons. The first-order valence-corrected chi connectivity index (χ1v) is 6.28. The van der Waals surface area contributed by atoms with Gasteiger partial charge in [0.15, 0.2) is 0 Å². The number of benzene rings is 1. The number of amides is 1. The van der Waals surface area contributed by atoms with Crippen molar-refractivity contribution in [3.05, 3.63) is 59.9 Å². The molecule has 1 aliphatic rings. The van der Waals surface area contributed by atoms with Crippen molar-refractivity contribution in [2.24, 2.45) is 0 Å². The van der Waals surface area contributed by atoms with Crippen LogP contribution in [-0.2, 0) is 0 Å². The molecule has 0 bridgehead atoms. The Hall–Kier alpha value is -2.36. The third-order valence-corrected chi connectivity index (χ3v) is 3.14. The molecule has 96 valence electrons. The standard InChI is InChI=1S/C15H14N2O2/c18-15(11-5-2-1-3-6-11)17-12-8-10-19-13-7-4-9-16-14(12)13/h1-7,9,12H,8,10H2,(H,17,18). The molecule has 0 saturated heterocycles. The lowest BCUT2D eigenvalue weighted by Gasteiger charge is -2.25. The van der Waals surface area contributed by atoms with Crippen LogP contribution in [0.3, 0.4) is 0 Å². The Labute approximate surface area is 111 Å². The van der Waals surface area contributed by atoms with Crippen LogP contribution in [-0.4, -0.2) is 17.5 Å². The molecule has 19 heavy (non-hydrogen) atoms. The highest BCUT2D eigenvalue weighted by Crippen LogP contribution is 2.29.